The van der Waals surface area contributed by atoms with Gasteiger partial charge < -0.3 is 10.1 Å². The van der Waals surface area contributed by atoms with Crippen molar-refractivity contribution >= 4 is 11.6 Å². The molecule has 4 heteroatoms. The monoisotopic (exact) mass is 284 g/mol. The number of ether oxygens (including phenoxy) is 1. The Kier molecular flexibility index (Phi) is 5.76. The standard InChI is InChI=1S/C17H20N2O2/c1-2-3-11-21-17-10-9-15(13-18-17)19-16(20)12-14-7-5-4-6-8-14/h4-10,13H,2-3,11-12H2,1H3,(H,19,20). The van der Waals surface area contributed by atoms with Crippen molar-refractivity contribution in [3.8, 4) is 5.88 Å². The van der Waals surface area contributed by atoms with Gasteiger partial charge in [-0.15, -0.1) is 0 Å². The van der Waals surface area contributed by atoms with Crippen molar-refractivity contribution in [2.75, 3.05) is 11.9 Å². The third-order valence-electron chi connectivity index (χ3n) is 2.98. The van der Waals surface area contributed by atoms with Gasteiger partial charge in [-0.2, -0.15) is 0 Å². The highest BCUT2D eigenvalue weighted by atomic mass is 16.5. The summed E-state index contributed by atoms with van der Waals surface area (Å²) < 4.78 is 5.48. The van der Waals surface area contributed by atoms with E-state index in [0.717, 1.165) is 18.4 Å². The Morgan fingerprint density at radius 2 is 2.00 bits per heavy atom. The molecule has 2 rings (SSSR count). The summed E-state index contributed by atoms with van der Waals surface area (Å²) in [7, 11) is 0. The van der Waals surface area contributed by atoms with Crippen LogP contribution in [0.4, 0.5) is 5.69 Å². The van der Waals surface area contributed by atoms with E-state index < -0.39 is 0 Å². The fourth-order valence-corrected chi connectivity index (χ4v) is 1.85. The van der Waals surface area contributed by atoms with Gasteiger partial charge in [0.15, 0.2) is 0 Å². The molecular formula is C17H20N2O2. The van der Waals surface area contributed by atoms with Gasteiger partial charge in [0, 0.05) is 6.07 Å². The Hall–Kier alpha value is -2.36. The van der Waals surface area contributed by atoms with Crippen molar-refractivity contribution in [1.29, 1.82) is 0 Å². The Bertz CT molecular complexity index is 553. The van der Waals surface area contributed by atoms with E-state index in [-0.39, 0.29) is 5.91 Å². The zero-order chi connectivity index (χ0) is 14.9. The minimum Gasteiger partial charge on any atom is -0.478 e. The minimum absolute atomic E-state index is 0.0531. The molecule has 0 atom stereocenters. The van der Waals surface area contributed by atoms with Gasteiger partial charge in [-0.25, -0.2) is 4.98 Å². The molecule has 21 heavy (non-hydrogen) atoms. The first-order chi connectivity index (χ1) is 10.3. The highest BCUT2D eigenvalue weighted by Gasteiger charge is 2.04. The zero-order valence-electron chi connectivity index (χ0n) is 12.2. The first kappa shape index (κ1) is 15.0. The second kappa shape index (κ2) is 8.04. The summed E-state index contributed by atoms with van der Waals surface area (Å²) in [6, 6.07) is 13.2. The van der Waals surface area contributed by atoms with Gasteiger partial charge in [-0.3, -0.25) is 4.79 Å². The van der Waals surface area contributed by atoms with Crippen molar-refractivity contribution in [2.45, 2.75) is 26.2 Å². The molecule has 0 aliphatic rings. The second-order valence-corrected chi connectivity index (χ2v) is 4.80. The van der Waals surface area contributed by atoms with Crippen molar-refractivity contribution in [2.24, 2.45) is 0 Å². The highest BCUT2D eigenvalue weighted by Crippen LogP contribution is 2.12. The molecule has 4 nitrogen and oxygen atoms in total. The number of hydrogen-bond donors (Lipinski definition) is 1. The van der Waals surface area contributed by atoms with E-state index in [1.165, 1.54) is 0 Å². The van der Waals surface area contributed by atoms with Gasteiger partial charge in [0.1, 0.15) is 0 Å². The summed E-state index contributed by atoms with van der Waals surface area (Å²) in [4.78, 5) is 16.1. The van der Waals surface area contributed by atoms with Crippen LogP contribution >= 0.6 is 0 Å². The average molecular weight is 284 g/mol. The lowest BCUT2D eigenvalue weighted by molar-refractivity contribution is -0.115. The smallest absolute Gasteiger partial charge is 0.228 e. The predicted octanol–water partition coefficient (Wildman–Crippen LogP) is 3.44. The number of carbonyl (C=O) groups is 1. The molecule has 2 aromatic rings. The van der Waals surface area contributed by atoms with E-state index in [2.05, 4.69) is 17.2 Å². The summed E-state index contributed by atoms with van der Waals surface area (Å²) in [6.07, 6.45) is 4.07. The fraction of sp³-hybridized carbons (Fsp3) is 0.294. The molecule has 1 N–H and O–H groups in total. The van der Waals surface area contributed by atoms with E-state index in [9.17, 15) is 4.79 Å². The first-order valence-corrected chi connectivity index (χ1v) is 7.20. The Balaban J connectivity index is 1.83. The molecule has 0 aliphatic carbocycles. The Morgan fingerprint density at radius 3 is 2.67 bits per heavy atom. The fourth-order valence-electron chi connectivity index (χ4n) is 1.85. The van der Waals surface area contributed by atoms with Crippen LogP contribution in [0.2, 0.25) is 0 Å². The number of anilines is 1. The molecule has 0 radical (unpaired) electrons. The summed E-state index contributed by atoms with van der Waals surface area (Å²) in [5, 5.41) is 2.83. The molecule has 1 heterocycles. The third-order valence-corrected chi connectivity index (χ3v) is 2.98. The number of aromatic nitrogens is 1. The number of carbonyl (C=O) groups excluding carboxylic acids is 1. The van der Waals surface area contributed by atoms with Crippen LogP contribution in [0.15, 0.2) is 48.7 Å². The number of unbranched alkanes of at least 4 members (excludes halogenated alkanes) is 1. The molecule has 110 valence electrons. The highest BCUT2D eigenvalue weighted by molar-refractivity contribution is 5.92. The molecule has 0 aliphatic heterocycles. The van der Waals surface area contributed by atoms with Gasteiger partial charge in [-0.1, -0.05) is 43.7 Å². The lowest BCUT2D eigenvalue weighted by Gasteiger charge is -2.07. The van der Waals surface area contributed by atoms with Gasteiger partial charge >= 0.3 is 0 Å². The summed E-state index contributed by atoms with van der Waals surface area (Å²) >= 11 is 0. The van der Waals surface area contributed by atoms with Crippen molar-refractivity contribution in [3.63, 3.8) is 0 Å². The van der Waals surface area contributed by atoms with Crippen molar-refractivity contribution in [3.05, 3.63) is 54.2 Å². The van der Waals surface area contributed by atoms with Gasteiger partial charge in [-0.05, 0) is 18.1 Å². The largest absolute Gasteiger partial charge is 0.478 e. The second-order valence-electron chi connectivity index (χ2n) is 4.80. The topological polar surface area (TPSA) is 51.2 Å². The molecule has 0 unspecified atom stereocenters. The Morgan fingerprint density at radius 1 is 1.19 bits per heavy atom. The van der Waals surface area contributed by atoms with Crippen LogP contribution in [0.3, 0.4) is 0 Å². The lowest BCUT2D eigenvalue weighted by Crippen LogP contribution is -2.14. The molecule has 0 saturated carbocycles. The third kappa shape index (κ3) is 5.26. The summed E-state index contributed by atoms with van der Waals surface area (Å²) in [5.41, 5.74) is 1.67. The number of amides is 1. The molecule has 0 spiro atoms. The van der Waals surface area contributed by atoms with Crippen LogP contribution in [0, 0.1) is 0 Å². The molecular weight excluding hydrogens is 264 g/mol. The Labute approximate surface area is 125 Å². The number of hydrogen-bond acceptors (Lipinski definition) is 3. The summed E-state index contributed by atoms with van der Waals surface area (Å²) in [6.45, 7) is 2.78. The number of rotatable bonds is 7. The molecule has 0 bridgehead atoms. The summed E-state index contributed by atoms with van der Waals surface area (Å²) in [5.74, 6) is 0.534. The lowest BCUT2D eigenvalue weighted by atomic mass is 10.1. The van der Waals surface area contributed by atoms with E-state index in [1.54, 1.807) is 18.3 Å². The van der Waals surface area contributed by atoms with Crippen LogP contribution < -0.4 is 10.1 Å². The van der Waals surface area contributed by atoms with Crippen LogP contribution in [-0.4, -0.2) is 17.5 Å². The van der Waals surface area contributed by atoms with Gasteiger partial charge in [0.05, 0.1) is 24.9 Å². The van der Waals surface area contributed by atoms with Crippen LogP contribution in [0.5, 0.6) is 5.88 Å². The normalized spacial score (nSPS) is 10.1. The molecule has 1 aromatic heterocycles. The molecule has 1 aromatic carbocycles. The predicted molar refractivity (Wildman–Crippen MR) is 83.4 cm³/mol. The van der Waals surface area contributed by atoms with E-state index in [4.69, 9.17) is 4.74 Å². The minimum atomic E-state index is -0.0531. The zero-order valence-corrected chi connectivity index (χ0v) is 12.2. The molecule has 0 fully saturated rings. The van der Waals surface area contributed by atoms with Gasteiger partial charge in [0.2, 0.25) is 11.8 Å². The first-order valence-electron chi connectivity index (χ1n) is 7.20. The number of pyridine rings is 1. The molecule has 1 amide bonds. The van der Waals surface area contributed by atoms with Crippen LogP contribution in [-0.2, 0) is 11.2 Å². The maximum Gasteiger partial charge on any atom is 0.228 e. The van der Waals surface area contributed by atoms with Crippen molar-refractivity contribution in [1.82, 2.24) is 4.98 Å². The average Bonchev–Trinajstić information content (AvgIpc) is 2.50. The molecule has 0 saturated heterocycles. The number of nitrogens with zero attached hydrogens (tertiary/aromatic N) is 1. The quantitative estimate of drug-likeness (QED) is 0.792. The number of benzene rings is 1. The number of nitrogens with one attached hydrogen (secondary N) is 1. The SMILES string of the molecule is CCCCOc1ccc(NC(=O)Cc2ccccc2)cn1. The van der Waals surface area contributed by atoms with E-state index >= 15 is 0 Å². The maximum atomic E-state index is 11.9. The van der Waals surface area contributed by atoms with E-state index in [1.807, 2.05) is 30.3 Å². The van der Waals surface area contributed by atoms with Crippen molar-refractivity contribution < 1.29 is 9.53 Å². The van der Waals surface area contributed by atoms with Crippen LogP contribution in [0.25, 0.3) is 0 Å². The van der Waals surface area contributed by atoms with E-state index in [0.29, 0.717) is 24.6 Å². The van der Waals surface area contributed by atoms with Crippen LogP contribution in [0.1, 0.15) is 25.3 Å². The van der Waals surface area contributed by atoms with Gasteiger partial charge in [0.25, 0.3) is 0 Å². The maximum absolute atomic E-state index is 11.9.